The van der Waals surface area contributed by atoms with Crippen molar-refractivity contribution in [2.45, 2.75) is 19.4 Å². The molecule has 0 fully saturated rings. The van der Waals surface area contributed by atoms with Gasteiger partial charge in [-0.25, -0.2) is 4.79 Å². The summed E-state index contributed by atoms with van der Waals surface area (Å²) in [6.45, 7) is 1.92. The highest BCUT2D eigenvalue weighted by atomic mass is 16.6. The van der Waals surface area contributed by atoms with Gasteiger partial charge in [-0.3, -0.25) is 14.5 Å². The second-order valence-electron chi connectivity index (χ2n) is 5.98. The standard InChI is InChI=1S/C20H19NO5/c1-13(20(24)25-2)26-15-9-7-14(8-10-15)11-12-21-18(22)16-5-3-4-6-17(16)19(21)23/h3-10,13H,11-12H2,1-2H3. The SMILES string of the molecule is COC(=O)C(C)Oc1ccc(CCN2C(=O)c3ccccc3C2=O)cc1. The third-order valence-electron chi connectivity index (χ3n) is 4.27. The summed E-state index contributed by atoms with van der Waals surface area (Å²) in [6, 6.07) is 14.0. The van der Waals surface area contributed by atoms with Gasteiger partial charge in [0.1, 0.15) is 5.75 Å². The Morgan fingerprint density at radius 2 is 1.58 bits per heavy atom. The van der Waals surface area contributed by atoms with Crippen LogP contribution in [0.4, 0.5) is 0 Å². The van der Waals surface area contributed by atoms with Gasteiger partial charge in [-0.15, -0.1) is 0 Å². The molecule has 0 aromatic heterocycles. The highest BCUT2D eigenvalue weighted by Crippen LogP contribution is 2.23. The van der Waals surface area contributed by atoms with Crippen LogP contribution >= 0.6 is 0 Å². The number of methoxy groups -OCH3 is 1. The summed E-state index contributed by atoms with van der Waals surface area (Å²) in [5, 5.41) is 0. The van der Waals surface area contributed by atoms with Gasteiger partial charge < -0.3 is 9.47 Å². The lowest BCUT2D eigenvalue weighted by atomic mass is 10.1. The van der Waals surface area contributed by atoms with E-state index in [0.717, 1.165) is 5.56 Å². The van der Waals surface area contributed by atoms with Crippen molar-refractivity contribution >= 4 is 17.8 Å². The maximum atomic E-state index is 12.3. The Morgan fingerprint density at radius 3 is 2.12 bits per heavy atom. The van der Waals surface area contributed by atoms with Crippen LogP contribution in [0.1, 0.15) is 33.2 Å². The fourth-order valence-electron chi connectivity index (χ4n) is 2.84. The van der Waals surface area contributed by atoms with Gasteiger partial charge in [0, 0.05) is 6.54 Å². The summed E-state index contributed by atoms with van der Waals surface area (Å²) in [4.78, 5) is 37.3. The molecular weight excluding hydrogens is 334 g/mol. The van der Waals surface area contributed by atoms with Gasteiger partial charge >= 0.3 is 5.97 Å². The quantitative estimate of drug-likeness (QED) is 0.589. The van der Waals surface area contributed by atoms with Crippen LogP contribution < -0.4 is 4.74 Å². The lowest BCUT2D eigenvalue weighted by Gasteiger charge is -2.15. The molecule has 3 rings (SSSR count). The van der Waals surface area contributed by atoms with Crippen LogP contribution in [0.5, 0.6) is 5.75 Å². The fourth-order valence-corrected chi connectivity index (χ4v) is 2.84. The maximum Gasteiger partial charge on any atom is 0.346 e. The molecule has 134 valence electrons. The zero-order valence-electron chi connectivity index (χ0n) is 14.6. The highest BCUT2D eigenvalue weighted by Gasteiger charge is 2.34. The monoisotopic (exact) mass is 353 g/mol. The van der Waals surface area contributed by atoms with E-state index in [1.165, 1.54) is 12.0 Å². The number of imide groups is 1. The summed E-state index contributed by atoms with van der Waals surface area (Å²) in [5.41, 5.74) is 1.87. The van der Waals surface area contributed by atoms with Gasteiger partial charge in [0.2, 0.25) is 0 Å². The van der Waals surface area contributed by atoms with E-state index in [9.17, 15) is 14.4 Å². The Kier molecular flexibility index (Phi) is 5.02. The molecule has 2 aromatic carbocycles. The molecule has 0 spiro atoms. The summed E-state index contributed by atoms with van der Waals surface area (Å²) in [6.07, 6.45) is -0.151. The van der Waals surface area contributed by atoms with E-state index in [2.05, 4.69) is 4.74 Å². The zero-order chi connectivity index (χ0) is 18.7. The lowest BCUT2D eigenvalue weighted by Crippen LogP contribution is -2.31. The summed E-state index contributed by atoms with van der Waals surface area (Å²) >= 11 is 0. The molecule has 1 unspecified atom stereocenters. The average molecular weight is 353 g/mol. The molecule has 2 amide bonds. The van der Waals surface area contributed by atoms with Crippen molar-refractivity contribution < 1.29 is 23.9 Å². The molecule has 0 saturated carbocycles. The molecule has 6 heteroatoms. The van der Waals surface area contributed by atoms with Gasteiger partial charge in [0.05, 0.1) is 18.2 Å². The number of nitrogens with zero attached hydrogens (tertiary/aromatic N) is 1. The van der Waals surface area contributed by atoms with E-state index >= 15 is 0 Å². The molecule has 0 N–H and O–H groups in total. The van der Waals surface area contributed by atoms with Crippen molar-refractivity contribution in [2.24, 2.45) is 0 Å². The number of fused-ring (bicyclic) bond motifs is 1. The molecule has 1 aliphatic heterocycles. The summed E-state index contributed by atoms with van der Waals surface area (Å²) < 4.78 is 10.1. The zero-order valence-corrected chi connectivity index (χ0v) is 14.6. The molecule has 0 bridgehead atoms. The number of amides is 2. The van der Waals surface area contributed by atoms with Crippen molar-refractivity contribution in [1.29, 1.82) is 0 Å². The summed E-state index contributed by atoms with van der Waals surface area (Å²) in [7, 11) is 1.31. The van der Waals surface area contributed by atoms with Crippen LogP contribution in [0.25, 0.3) is 0 Å². The second-order valence-corrected chi connectivity index (χ2v) is 5.98. The highest BCUT2D eigenvalue weighted by molar-refractivity contribution is 6.21. The lowest BCUT2D eigenvalue weighted by molar-refractivity contribution is -0.147. The number of hydrogen-bond donors (Lipinski definition) is 0. The molecule has 2 aromatic rings. The maximum absolute atomic E-state index is 12.3. The van der Waals surface area contributed by atoms with E-state index in [0.29, 0.717) is 29.8 Å². The third-order valence-corrected chi connectivity index (χ3v) is 4.27. The van der Waals surface area contributed by atoms with Crippen LogP contribution in [0.15, 0.2) is 48.5 Å². The van der Waals surface area contributed by atoms with Crippen molar-refractivity contribution in [2.75, 3.05) is 13.7 Å². The normalized spacial score (nSPS) is 14.2. The first-order valence-electron chi connectivity index (χ1n) is 8.30. The number of ether oxygens (including phenoxy) is 2. The summed E-state index contributed by atoms with van der Waals surface area (Å²) in [5.74, 6) is -0.401. The van der Waals surface area contributed by atoms with E-state index in [-0.39, 0.29) is 11.8 Å². The van der Waals surface area contributed by atoms with Gasteiger partial charge in [-0.2, -0.15) is 0 Å². The van der Waals surface area contributed by atoms with E-state index in [1.807, 2.05) is 12.1 Å². The van der Waals surface area contributed by atoms with E-state index in [1.54, 1.807) is 43.3 Å². The Morgan fingerprint density at radius 1 is 1.00 bits per heavy atom. The van der Waals surface area contributed by atoms with Crippen LogP contribution in [-0.2, 0) is 16.0 Å². The smallest absolute Gasteiger partial charge is 0.346 e. The first-order valence-corrected chi connectivity index (χ1v) is 8.30. The molecule has 0 radical (unpaired) electrons. The number of carbonyl (C=O) groups is 3. The molecule has 0 saturated heterocycles. The van der Waals surface area contributed by atoms with Crippen molar-refractivity contribution in [1.82, 2.24) is 4.90 Å². The molecule has 6 nitrogen and oxygen atoms in total. The molecule has 0 aliphatic carbocycles. The third kappa shape index (κ3) is 3.44. The Labute approximate surface area is 151 Å². The number of benzene rings is 2. The van der Waals surface area contributed by atoms with Crippen molar-refractivity contribution in [3.05, 3.63) is 65.2 Å². The largest absolute Gasteiger partial charge is 0.479 e. The van der Waals surface area contributed by atoms with E-state index < -0.39 is 12.1 Å². The predicted octanol–water partition coefficient (Wildman–Crippen LogP) is 2.47. The van der Waals surface area contributed by atoms with Gasteiger partial charge in [0.15, 0.2) is 6.10 Å². The van der Waals surface area contributed by atoms with Crippen LogP contribution in [0, 0.1) is 0 Å². The van der Waals surface area contributed by atoms with Gasteiger partial charge in [-0.1, -0.05) is 24.3 Å². The van der Waals surface area contributed by atoms with Crippen molar-refractivity contribution in [3.63, 3.8) is 0 Å². The molecule has 1 atom stereocenters. The van der Waals surface area contributed by atoms with Gasteiger partial charge in [0.25, 0.3) is 11.8 Å². The van der Waals surface area contributed by atoms with Crippen LogP contribution in [0.3, 0.4) is 0 Å². The minimum atomic E-state index is -0.691. The van der Waals surface area contributed by atoms with E-state index in [4.69, 9.17) is 4.74 Å². The molecule has 1 aliphatic rings. The molecule has 1 heterocycles. The molecule has 26 heavy (non-hydrogen) atoms. The topological polar surface area (TPSA) is 72.9 Å². The second kappa shape index (κ2) is 7.39. The number of esters is 1. The number of rotatable bonds is 6. The average Bonchev–Trinajstić information content (AvgIpc) is 2.91. The Balaban J connectivity index is 1.60. The molecular formula is C20H19NO5. The Hall–Kier alpha value is -3.15. The first-order chi connectivity index (χ1) is 12.5. The minimum Gasteiger partial charge on any atom is -0.479 e. The minimum absolute atomic E-state index is 0.252. The number of hydrogen-bond acceptors (Lipinski definition) is 5. The van der Waals surface area contributed by atoms with Crippen LogP contribution in [0.2, 0.25) is 0 Å². The number of carbonyl (C=O) groups excluding carboxylic acids is 3. The van der Waals surface area contributed by atoms with Crippen LogP contribution in [-0.4, -0.2) is 42.4 Å². The first kappa shape index (κ1) is 17.7. The Bertz CT molecular complexity index is 809. The fraction of sp³-hybridized carbons (Fsp3) is 0.250. The van der Waals surface area contributed by atoms with Gasteiger partial charge in [-0.05, 0) is 43.2 Å². The predicted molar refractivity (Wildman–Crippen MR) is 94.1 cm³/mol. The van der Waals surface area contributed by atoms with Crippen molar-refractivity contribution in [3.8, 4) is 5.75 Å².